The number of alkyl halides is 1. The zero-order valence-electron chi connectivity index (χ0n) is 10.2. The largest absolute Gasteiger partial charge is 0.507 e. The number of carbonyl (C=O) groups excluding carboxylic acids is 1. The molecule has 100 valence electrons. The van der Waals surface area contributed by atoms with Crippen LogP contribution in [0.5, 0.6) is 11.5 Å². The van der Waals surface area contributed by atoms with Crippen molar-refractivity contribution in [3.05, 3.63) is 23.8 Å². The molecule has 1 aromatic carbocycles. The van der Waals surface area contributed by atoms with Crippen LogP contribution < -0.4 is 5.32 Å². The Morgan fingerprint density at radius 1 is 1.11 bits per heavy atom. The maximum absolute atomic E-state index is 11.7. The first-order valence-electron chi connectivity index (χ1n) is 6.02. The fourth-order valence-electron chi connectivity index (χ4n) is 1.62. The standard InChI is InChI=1S/C13H18BrNO3/c14-8-3-1-2-4-9-15-13(18)12-10(16)6-5-7-11(12)17/h5-7,16-17H,1-4,8-9H2,(H,15,18). The van der Waals surface area contributed by atoms with Crippen LogP contribution >= 0.6 is 15.9 Å². The zero-order valence-corrected chi connectivity index (χ0v) is 11.7. The Morgan fingerprint density at radius 3 is 2.33 bits per heavy atom. The highest BCUT2D eigenvalue weighted by Gasteiger charge is 2.14. The Labute approximate surface area is 115 Å². The van der Waals surface area contributed by atoms with E-state index in [9.17, 15) is 15.0 Å². The minimum absolute atomic E-state index is 0.0574. The number of aromatic hydroxyl groups is 2. The van der Waals surface area contributed by atoms with Crippen molar-refractivity contribution in [2.75, 3.05) is 11.9 Å². The van der Waals surface area contributed by atoms with Crippen molar-refractivity contribution < 1.29 is 15.0 Å². The van der Waals surface area contributed by atoms with Gasteiger partial charge < -0.3 is 15.5 Å². The summed E-state index contributed by atoms with van der Waals surface area (Å²) in [6.45, 7) is 0.550. The predicted molar refractivity (Wildman–Crippen MR) is 74.4 cm³/mol. The summed E-state index contributed by atoms with van der Waals surface area (Å²) in [4.78, 5) is 11.7. The van der Waals surface area contributed by atoms with E-state index in [0.717, 1.165) is 31.0 Å². The Morgan fingerprint density at radius 2 is 1.72 bits per heavy atom. The van der Waals surface area contributed by atoms with Crippen molar-refractivity contribution in [3.63, 3.8) is 0 Å². The number of amides is 1. The predicted octanol–water partition coefficient (Wildman–Crippen LogP) is 2.78. The molecule has 1 aromatic rings. The summed E-state index contributed by atoms with van der Waals surface area (Å²) in [5.74, 6) is -0.843. The quantitative estimate of drug-likeness (QED) is 0.535. The van der Waals surface area contributed by atoms with E-state index in [2.05, 4.69) is 21.2 Å². The first-order chi connectivity index (χ1) is 8.66. The maximum atomic E-state index is 11.7. The number of benzene rings is 1. The topological polar surface area (TPSA) is 69.6 Å². The Kier molecular flexibility index (Phi) is 6.57. The number of rotatable bonds is 7. The average molecular weight is 316 g/mol. The molecule has 18 heavy (non-hydrogen) atoms. The average Bonchev–Trinajstić information content (AvgIpc) is 2.33. The molecule has 0 fully saturated rings. The highest BCUT2D eigenvalue weighted by molar-refractivity contribution is 9.09. The smallest absolute Gasteiger partial charge is 0.258 e. The van der Waals surface area contributed by atoms with Crippen LogP contribution in [0.25, 0.3) is 0 Å². The lowest BCUT2D eigenvalue weighted by molar-refractivity contribution is 0.0947. The molecule has 0 saturated carbocycles. The molecule has 0 bridgehead atoms. The molecule has 0 heterocycles. The number of hydrogen-bond donors (Lipinski definition) is 3. The van der Waals surface area contributed by atoms with Crippen LogP contribution in [0, 0.1) is 0 Å². The molecule has 0 radical (unpaired) electrons. The van der Waals surface area contributed by atoms with E-state index in [4.69, 9.17) is 0 Å². The summed E-state index contributed by atoms with van der Waals surface area (Å²) >= 11 is 3.36. The third-order valence-corrected chi connectivity index (χ3v) is 3.15. The number of nitrogens with one attached hydrogen (secondary N) is 1. The summed E-state index contributed by atoms with van der Waals surface area (Å²) < 4.78 is 0. The molecule has 5 heteroatoms. The van der Waals surface area contributed by atoms with Gasteiger partial charge in [-0.3, -0.25) is 4.79 Å². The highest BCUT2D eigenvalue weighted by Crippen LogP contribution is 2.25. The van der Waals surface area contributed by atoms with Gasteiger partial charge in [-0.05, 0) is 25.0 Å². The lowest BCUT2D eigenvalue weighted by atomic mass is 10.1. The van der Waals surface area contributed by atoms with Crippen molar-refractivity contribution in [1.29, 1.82) is 0 Å². The van der Waals surface area contributed by atoms with Gasteiger partial charge in [0.1, 0.15) is 17.1 Å². The van der Waals surface area contributed by atoms with E-state index >= 15 is 0 Å². The number of hydrogen-bond acceptors (Lipinski definition) is 3. The molecule has 1 amide bonds. The van der Waals surface area contributed by atoms with E-state index in [1.54, 1.807) is 0 Å². The lowest BCUT2D eigenvalue weighted by Crippen LogP contribution is -2.24. The van der Waals surface area contributed by atoms with Gasteiger partial charge in [-0.2, -0.15) is 0 Å². The second-order valence-electron chi connectivity index (χ2n) is 4.03. The third kappa shape index (κ3) is 4.56. The molecular weight excluding hydrogens is 298 g/mol. The molecule has 4 nitrogen and oxygen atoms in total. The first kappa shape index (κ1) is 14.8. The Bertz CT molecular complexity index is 376. The van der Waals surface area contributed by atoms with Gasteiger partial charge in [0, 0.05) is 11.9 Å². The fraction of sp³-hybridized carbons (Fsp3) is 0.462. The van der Waals surface area contributed by atoms with Gasteiger partial charge in [-0.1, -0.05) is 34.8 Å². The summed E-state index contributed by atoms with van der Waals surface area (Å²) in [7, 11) is 0. The first-order valence-corrected chi connectivity index (χ1v) is 7.14. The third-order valence-electron chi connectivity index (χ3n) is 2.59. The Hall–Kier alpha value is -1.23. The summed E-state index contributed by atoms with van der Waals surface area (Å²) in [6, 6.07) is 4.25. The molecule has 3 N–H and O–H groups in total. The molecule has 0 aliphatic carbocycles. The molecule has 0 aliphatic rings. The van der Waals surface area contributed by atoms with E-state index < -0.39 is 5.91 Å². The van der Waals surface area contributed by atoms with Crippen molar-refractivity contribution in [2.24, 2.45) is 0 Å². The molecule has 0 aliphatic heterocycles. The molecule has 0 saturated heterocycles. The molecule has 1 rings (SSSR count). The molecule has 0 spiro atoms. The second-order valence-corrected chi connectivity index (χ2v) is 4.82. The number of carbonyl (C=O) groups is 1. The monoisotopic (exact) mass is 315 g/mol. The van der Waals surface area contributed by atoms with E-state index in [0.29, 0.717) is 6.54 Å². The van der Waals surface area contributed by atoms with Gasteiger partial charge in [0.25, 0.3) is 5.91 Å². The van der Waals surface area contributed by atoms with Crippen LogP contribution in [-0.4, -0.2) is 28.0 Å². The van der Waals surface area contributed by atoms with E-state index in [1.807, 2.05) is 0 Å². The van der Waals surface area contributed by atoms with Crippen LogP contribution in [0.3, 0.4) is 0 Å². The van der Waals surface area contributed by atoms with Crippen LogP contribution in [0.15, 0.2) is 18.2 Å². The van der Waals surface area contributed by atoms with Crippen LogP contribution in [0.2, 0.25) is 0 Å². The molecule has 0 unspecified atom stereocenters. The number of unbranched alkanes of at least 4 members (excludes halogenated alkanes) is 3. The van der Waals surface area contributed by atoms with Crippen molar-refractivity contribution in [1.82, 2.24) is 5.32 Å². The van der Waals surface area contributed by atoms with Crippen molar-refractivity contribution >= 4 is 21.8 Å². The van der Waals surface area contributed by atoms with Gasteiger partial charge in [0.15, 0.2) is 0 Å². The van der Waals surface area contributed by atoms with Crippen molar-refractivity contribution in [3.8, 4) is 11.5 Å². The van der Waals surface area contributed by atoms with Gasteiger partial charge in [0.2, 0.25) is 0 Å². The van der Waals surface area contributed by atoms with Crippen LogP contribution in [-0.2, 0) is 0 Å². The minimum atomic E-state index is -0.439. The highest BCUT2D eigenvalue weighted by atomic mass is 79.9. The fourth-order valence-corrected chi connectivity index (χ4v) is 2.02. The maximum Gasteiger partial charge on any atom is 0.258 e. The zero-order chi connectivity index (χ0) is 13.4. The Balaban J connectivity index is 2.37. The van der Waals surface area contributed by atoms with Crippen molar-refractivity contribution in [2.45, 2.75) is 25.7 Å². The summed E-state index contributed by atoms with van der Waals surface area (Å²) in [5.41, 5.74) is -0.0574. The van der Waals surface area contributed by atoms with E-state index in [-0.39, 0.29) is 17.1 Å². The SMILES string of the molecule is O=C(NCCCCCCBr)c1c(O)cccc1O. The summed E-state index contributed by atoms with van der Waals surface area (Å²) in [5, 5.41) is 22.7. The number of halogens is 1. The van der Waals surface area contributed by atoms with Gasteiger partial charge in [-0.25, -0.2) is 0 Å². The van der Waals surface area contributed by atoms with Gasteiger partial charge >= 0.3 is 0 Å². The number of phenolic OH excluding ortho intramolecular Hbond substituents is 2. The summed E-state index contributed by atoms with van der Waals surface area (Å²) in [6.07, 6.45) is 4.21. The minimum Gasteiger partial charge on any atom is -0.507 e. The second kappa shape index (κ2) is 7.97. The van der Waals surface area contributed by atoms with E-state index in [1.165, 1.54) is 18.2 Å². The normalized spacial score (nSPS) is 10.3. The van der Waals surface area contributed by atoms with Gasteiger partial charge in [-0.15, -0.1) is 0 Å². The molecule has 0 aromatic heterocycles. The molecule has 0 atom stereocenters. The van der Waals surface area contributed by atoms with Crippen LogP contribution in [0.4, 0.5) is 0 Å². The molecular formula is C13H18BrNO3. The van der Waals surface area contributed by atoms with Gasteiger partial charge in [0.05, 0.1) is 0 Å². The number of phenols is 2. The van der Waals surface area contributed by atoms with Crippen LogP contribution in [0.1, 0.15) is 36.0 Å². The lowest BCUT2D eigenvalue weighted by Gasteiger charge is -2.08.